The summed E-state index contributed by atoms with van der Waals surface area (Å²) in [4.78, 5) is 19.4. The first-order chi connectivity index (χ1) is 9.66. The van der Waals surface area contributed by atoms with Crippen LogP contribution in [0.5, 0.6) is 0 Å². The number of carbonyl (C=O) groups is 1. The third-order valence-electron chi connectivity index (χ3n) is 2.58. The van der Waals surface area contributed by atoms with E-state index in [0.717, 1.165) is 5.56 Å². The van der Waals surface area contributed by atoms with Crippen LogP contribution >= 0.6 is 11.6 Å². The Bertz CT molecular complexity index is 603. The molecule has 20 heavy (non-hydrogen) atoms. The molecule has 2 aromatic rings. The van der Waals surface area contributed by atoms with Crippen LogP contribution in [0.3, 0.4) is 0 Å². The lowest BCUT2D eigenvalue weighted by Crippen LogP contribution is -2.26. The minimum Gasteiger partial charge on any atom is -0.368 e. The quantitative estimate of drug-likeness (QED) is 0.830. The summed E-state index contributed by atoms with van der Waals surface area (Å²) in [5.41, 5.74) is 0.791. The Hall–Kier alpha value is -2.14. The summed E-state index contributed by atoms with van der Waals surface area (Å²) in [6.07, 6.45) is 1.67. The van der Waals surface area contributed by atoms with E-state index in [1.807, 2.05) is 18.2 Å². The van der Waals surface area contributed by atoms with Crippen molar-refractivity contribution in [3.8, 4) is 11.4 Å². The lowest BCUT2D eigenvalue weighted by molar-refractivity contribution is -0.118. The van der Waals surface area contributed by atoms with Gasteiger partial charge in [0.2, 0.25) is 5.91 Å². The largest absolute Gasteiger partial charge is 0.368 e. The molecule has 0 aliphatic heterocycles. The second-order valence-electron chi connectivity index (χ2n) is 4.16. The maximum absolute atomic E-state index is 10.8. The molecule has 1 aromatic carbocycles. The van der Waals surface area contributed by atoms with E-state index < -0.39 is 0 Å². The molecule has 2 rings (SSSR count). The van der Waals surface area contributed by atoms with Gasteiger partial charge in [0.1, 0.15) is 5.82 Å². The van der Waals surface area contributed by atoms with E-state index in [9.17, 15) is 4.79 Å². The fourth-order valence-electron chi connectivity index (χ4n) is 1.66. The van der Waals surface area contributed by atoms with E-state index in [-0.39, 0.29) is 5.91 Å². The molecule has 1 heterocycles. The minimum absolute atomic E-state index is 0.0498. The molecule has 0 bridgehead atoms. The highest BCUT2D eigenvalue weighted by atomic mass is 35.5. The molecule has 6 heteroatoms. The summed E-state index contributed by atoms with van der Waals surface area (Å²) in [5, 5.41) is 6.44. The average Bonchev–Trinajstić information content (AvgIpc) is 2.44. The van der Waals surface area contributed by atoms with Crippen molar-refractivity contribution in [2.45, 2.75) is 6.92 Å². The Morgan fingerprint density at radius 2 is 2.05 bits per heavy atom. The number of benzene rings is 1. The van der Waals surface area contributed by atoms with Crippen molar-refractivity contribution in [2.75, 3.05) is 18.4 Å². The highest BCUT2D eigenvalue weighted by Crippen LogP contribution is 2.24. The maximum Gasteiger partial charge on any atom is 0.216 e. The summed E-state index contributed by atoms with van der Waals surface area (Å²) in [5.74, 6) is 1.21. The zero-order valence-corrected chi connectivity index (χ0v) is 11.8. The molecule has 0 spiro atoms. The molecule has 5 nitrogen and oxygen atoms in total. The van der Waals surface area contributed by atoms with Gasteiger partial charge in [-0.15, -0.1) is 0 Å². The number of hydrogen-bond acceptors (Lipinski definition) is 4. The van der Waals surface area contributed by atoms with Gasteiger partial charge >= 0.3 is 0 Å². The topological polar surface area (TPSA) is 66.9 Å². The predicted octanol–water partition coefficient (Wildman–Crippen LogP) is 2.34. The molecular formula is C14H15ClN4O. The Morgan fingerprint density at radius 3 is 2.80 bits per heavy atom. The van der Waals surface area contributed by atoms with Gasteiger partial charge in [0.15, 0.2) is 5.82 Å². The highest BCUT2D eigenvalue weighted by Gasteiger charge is 2.06. The number of nitrogens with one attached hydrogen (secondary N) is 2. The van der Waals surface area contributed by atoms with Gasteiger partial charge < -0.3 is 10.6 Å². The van der Waals surface area contributed by atoms with E-state index >= 15 is 0 Å². The number of carbonyl (C=O) groups excluding carboxylic acids is 1. The maximum atomic E-state index is 10.8. The summed E-state index contributed by atoms with van der Waals surface area (Å²) in [6.45, 7) is 2.62. The SMILES string of the molecule is CC(=O)NCCNc1ccnc(-c2ccccc2Cl)n1. The molecule has 0 saturated heterocycles. The smallest absolute Gasteiger partial charge is 0.216 e. The van der Waals surface area contributed by atoms with Crippen LogP contribution in [-0.4, -0.2) is 29.0 Å². The van der Waals surface area contributed by atoms with Crippen molar-refractivity contribution in [1.82, 2.24) is 15.3 Å². The molecule has 2 N–H and O–H groups in total. The number of anilines is 1. The molecule has 1 amide bonds. The number of rotatable bonds is 5. The van der Waals surface area contributed by atoms with Crippen molar-refractivity contribution in [1.29, 1.82) is 0 Å². The van der Waals surface area contributed by atoms with E-state index in [0.29, 0.717) is 29.8 Å². The molecule has 0 radical (unpaired) electrons. The number of nitrogens with zero attached hydrogens (tertiary/aromatic N) is 2. The van der Waals surface area contributed by atoms with Gasteiger partial charge in [-0.1, -0.05) is 23.7 Å². The van der Waals surface area contributed by atoms with E-state index in [2.05, 4.69) is 20.6 Å². The summed E-state index contributed by atoms with van der Waals surface area (Å²) >= 11 is 6.12. The van der Waals surface area contributed by atoms with Gasteiger partial charge in [0.05, 0.1) is 5.02 Å². The van der Waals surface area contributed by atoms with Crippen molar-refractivity contribution in [3.63, 3.8) is 0 Å². The van der Waals surface area contributed by atoms with Gasteiger partial charge in [-0.3, -0.25) is 4.79 Å². The van der Waals surface area contributed by atoms with Crippen LogP contribution in [0.15, 0.2) is 36.5 Å². The van der Waals surface area contributed by atoms with Crippen LogP contribution in [0.25, 0.3) is 11.4 Å². The van der Waals surface area contributed by atoms with E-state index in [4.69, 9.17) is 11.6 Å². The fraction of sp³-hybridized carbons (Fsp3) is 0.214. The molecule has 0 aliphatic carbocycles. The highest BCUT2D eigenvalue weighted by molar-refractivity contribution is 6.33. The first kappa shape index (κ1) is 14.3. The monoisotopic (exact) mass is 290 g/mol. The Labute approximate surface area is 122 Å². The lowest BCUT2D eigenvalue weighted by atomic mass is 10.2. The van der Waals surface area contributed by atoms with Crippen LogP contribution in [0.4, 0.5) is 5.82 Å². The van der Waals surface area contributed by atoms with Gasteiger partial charge in [-0.05, 0) is 18.2 Å². The Kier molecular flexibility index (Phi) is 4.90. The lowest BCUT2D eigenvalue weighted by Gasteiger charge is -2.08. The van der Waals surface area contributed by atoms with Crippen LogP contribution in [0.1, 0.15) is 6.92 Å². The Morgan fingerprint density at radius 1 is 1.25 bits per heavy atom. The van der Waals surface area contributed by atoms with Crippen molar-refractivity contribution in [2.24, 2.45) is 0 Å². The fourth-order valence-corrected chi connectivity index (χ4v) is 1.88. The normalized spacial score (nSPS) is 10.1. The number of halogens is 1. The van der Waals surface area contributed by atoms with Crippen LogP contribution in [-0.2, 0) is 4.79 Å². The molecule has 0 atom stereocenters. The zero-order valence-electron chi connectivity index (χ0n) is 11.1. The predicted molar refractivity (Wildman–Crippen MR) is 79.7 cm³/mol. The molecular weight excluding hydrogens is 276 g/mol. The van der Waals surface area contributed by atoms with Crippen molar-refractivity contribution >= 4 is 23.3 Å². The summed E-state index contributed by atoms with van der Waals surface area (Å²) in [7, 11) is 0. The standard InChI is InChI=1S/C14H15ClN4O/c1-10(20)16-8-9-17-13-6-7-18-14(19-13)11-4-2-3-5-12(11)15/h2-7H,8-9H2,1H3,(H,16,20)(H,17,18,19). The second kappa shape index (κ2) is 6.86. The average molecular weight is 291 g/mol. The first-order valence-corrected chi connectivity index (χ1v) is 6.61. The first-order valence-electron chi connectivity index (χ1n) is 6.23. The van der Waals surface area contributed by atoms with Gasteiger partial charge in [-0.2, -0.15) is 0 Å². The molecule has 0 aliphatic rings. The number of aromatic nitrogens is 2. The minimum atomic E-state index is -0.0498. The zero-order chi connectivity index (χ0) is 14.4. The summed E-state index contributed by atoms with van der Waals surface area (Å²) < 4.78 is 0. The van der Waals surface area contributed by atoms with Crippen LogP contribution < -0.4 is 10.6 Å². The molecule has 0 fully saturated rings. The molecule has 0 saturated carbocycles. The third-order valence-corrected chi connectivity index (χ3v) is 2.90. The van der Waals surface area contributed by atoms with Gasteiger partial charge in [0.25, 0.3) is 0 Å². The van der Waals surface area contributed by atoms with Crippen LogP contribution in [0, 0.1) is 0 Å². The molecule has 0 unspecified atom stereocenters. The van der Waals surface area contributed by atoms with Gasteiger partial charge in [-0.25, -0.2) is 9.97 Å². The van der Waals surface area contributed by atoms with Crippen molar-refractivity contribution in [3.05, 3.63) is 41.6 Å². The molecule has 1 aromatic heterocycles. The van der Waals surface area contributed by atoms with E-state index in [1.54, 1.807) is 18.3 Å². The molecule has 104 valence electrons. The van der Waals surface area contributed by atoms with Crippen LogP contribution in [0.2, 0.25) is 5.02 Å². The van der Waals surface area contributed by atoms with E-state index in [1.165, 1.54) is 6.92 Å². The van der Waals surface area contributed by atoms with Crippen molar-refractivity contribution < 1.29 is 4.79 Å². The van der Waals surface area contributed by atoms with Gasteiger partial charge in [0, 0.05) is 31.8 Å². The summed E-state index contributed by atoms with van der Waals surface area (Å²) in [6, 6.07) is 9.20. The second-order valence-corrected chi connectivity index (χ2v) is 4.56. The number of hydrogen-bond donors (Lipinski definition) is 2. The Balaban J connectivity index is 2.05. The number of amides is 1. The third kappa shape index (κ3) is 3.93.